The molecule has 0 fully saturated rings. The van der Waals surface area contributed by atoms with Crippen LogP contribution in [0.4, 0.5) is 4.39 Å². The second-order valence-corrected chi connectivity index (χ2v) is 5.29. The summed E-state index contributed by atoms with van der Waals surface area (Å²) in [7, 11) is 0. The van der Waals surface area contributed by atoms with Crippen molar-refractivity contribution < 1.29 is 9.13 Å². The molecule has 0 atom stereocenters. The van der Waals surface area contributed by atoms with Crippen LogP contribution in [-0.2, 0) is 13.2 Å². The number of rotatable bonds is 5. The van der Waals surface area contributed by atoms with Crippen LogP contribution in [0.1, 0.15) is 11.1 Å². The molecule has 0 aliphatic rings. The molecule has 0 saturated heterocycles. The second-order valence-electron chi connectivity index (χ2n) is 5.29. The van der Waals surface area contributed by atoms with Crippen molar-refractivity contribution in [1.82, 2.24) is 0 Å². The van der Waals surface area contributed by atoms with E-state index in [-0.39, 0.29) is 5.82 Å². The molecule has 3 aromatic rings. The summed E-state index contributed by atoms with van der Waals surface area (Å²) in [6.45, 7) is 0.843. The van der Waals surface area contributed by atoms with Gasteiger partial charge in [-0.3, -0.25) is 0 Å². The molecule has 2 nitrogen and oxygen atoms in total. The molecule has 0 spiro atoms. The molecule has 0 aromatic heterocycles. The maximum Gasteiger partial charge on any atom is 0.131 e. The summed E-state index contributed by atoms with van der Waals surface area (Å²) in [6.07, 6.45) is 0. The molecule has 116 valence electrons. The van der Waals surface area contributed by atoms with Crippen LogP contribution >= 0.6 is 0 Å². The van der Waals surface area contributed by atoms with E-state index in [2.05, 4.69) is 0 Å². The average molecular weight is 307 g/mol. The molecule has 3 heteroatoms. The van der Waals surface area contributed by atoms with Crippen LogP contribution in [0.5, 0.6) is 5.75 Å². The Morgan fingerprint density at radius 1 is 0.783 bits per heavy atom. The van der Waals surface area contributed by atoms with Gasteiger partial charge in [-0.15, -0.1) is 0 Å². The van der Waals surface area contributed by atoms with E-state index in [4.69, 9.17) is 10.5 Å². The van der Waals surface area contributed by atoms with Crippen LogP contribution in [0.15, 0.2) is 72.8 Å². The number of ether oxygens (including phenoxy) is 1. The number of halogens is 1. The van der Waals surface area contributed by atoms with Gasteiger partial charge >= 0.3 is 0 Å². The normalized spacial score (nSPS) is 10.5. The van der Waals surface area contributed by atoms with Gasteiger partial charge in [0.25, 0.3) is 0 Å². The van der Waals surface area contributed by atoms with Crippen LogP contribution in [-0.4, -0.2) is 0 Å². The molecule has 0 radical (unpaired) electrons. The van der Waals surface area contributed by atoms with E-state index in [0.717, 1.165) is 16.7 Å². The Kier molecular flexibility index (Phi) is 4.69. The van der Waals surface area contributed by atoms with Crippen LogP contribution in [0.2, 0.25) is 0 Å². The maximum atomic E-state index is 14.1. The van der Waals surface area contributed by atoms with Gasteiger partial charge in [-0.25, -0.2) is 4.39 Å². The summed E-state index contributed by atoms with van der Waals surface area (Å²) in [6, 6.07) is 22.2. The zero-order valence-corrected chi connectivity index (χ0v) is 12.7. The zero-order valence-electron chi connectivity index (χ0n) is 12.7. The number of nitrogens with two attached hydrogens (primary N) is 1. The van der Waals surface area contributed by atoms with Gasteiger partial charge in [0.15, 0.2) is 0 Å². The van der Waals surface area contributed by atoms with E-state index < -0.39 is 0 Å². The van der Waals surface area contributed by atoms with Gasteiger partial charge in [-0.1, -0.05) is 60.7 Å². The molecule has 2 N–H and O–H groups in total. The number of hydrogen-bond acceptors (Lipinski definition) is 2. The highest BCUT2D eigenvalue weighted by molar-refractivity contribution is 5.71. The van der Waals surface area contributed by atoms with E-state index in [1.165, 1.54) is 6.07 Å². The first-order valence-electron chi connectivity index (χ1n) is 7.52. The van der Waals surface area contributed by atoms with Gasteiger partial charge < -0.3 is 10.5 Å². The highest BCUT2D eigenvalue weighted by atomic mass is 19.1. The third-order valence-corrected chi connectivity index (χ3v) is 3.68. The summed E-state index contributed by atoms with van der Waals surface area (Å²) in [4.78, 5) is 0. The van der Waals surface area contributed by atoms with Crippen molar-refractivity contribution in [2.45, 2.75) is 13.2 Å². The van der Waals surface area contributed by atoms with Crippen molar-refractivity contribution in [2.75, 3.05) is 0 Å². The average Bonchev–Trinajstić information content (AvgIpc) is 2.61. The fraction of sp³-hybridized carbons (Fsp3) is 0.100. The maximum absolute atomic E-state index is 14.1. The summed E-state index contributed by atoms with van der Waals surface area (Å²) in [5, 5.41) is 0. The van der Waals surface area contributed by atoms with E-state index in [0.29, 0.717) is 24.5 Å². The minimum atomic E-state index is -0.266. The fourth-order valence-corrected chi connectivity index (χ4v) is 2.45. The molecule has 0 bridgehead atoms. The first-order chi connectivity index (χ1) is 11.3. The molecule has 0 saturated carbocycles. The number of hydrogen-bond donors (Lipinski definition) is 1. The van der Waals surface area contributed by atoms with Crippen molar-refractivity contribution in [3.05, 3.63) is 89.7 Å². The Hall–Kier alpha value is -2.65. The molecule has 0 aliphatic heterocycles. The zero-order chi connectivity index (χ0) is 16.1. The summed E-state index contributed by atoms with van der Waals surface area (Å²) in [5.74, 6) is 0.375. The predicted octanol–water partition coefficient (Wildman–Crippen LogP) is 4.53. The van der Waals surface area contributed by atoms with Gasteiger partial charge in [-0.05, 0) is 23.3 Å². The quantitative estimate of drug-likeness (QED) is 0.751. The Bertz CT molecular complexity index is 787. The van der Waals surface area contributed by atoms with E-state index in [9.17, 15) is 4.39 Å². The van der Waals surface area contributed by atoms with Crippen LogP contribution < -0.4 is 10.5 Å². The molecule has 3 rings (SSSR count). The van der Waals surface area contributed by atoms with E-state index >= 15 is 0 Å². The highest BCUT2D eigenvalue weighted by Crippen LogP contribution is 2.33. The lowest BCUT2D eigenvalue weighted by Crippen LogP contribution is -2.01. The van der Waals surface area contributed by atoms with Gasteiger partial charge in [0, 0.05) is 17.7 Å². The standard InChI is InChI=1S/C20H18FNO/c21-19-9-5-4-8-17(19)18-11-10-16(13-22)12-20(18)23-14-15-6-2-1-3-7-15/h1-12H,13-14,22H2. The van der Waals surface area contributed by atoms with Crippen molar-refractivity contribution in [2.24, 2.45) is 5.73 Å². The van der Waals surface area contributed by atoms with Crippen molar-refractivity contribution in [3.63, 3.8) is 0 Å². The Labute approximate surface area is 135 Å². The first-order valence-corrected chi connectivity index (χ1v) is 7.52. The summed E-state index contributed by atoms with van der Waals surface area (Å²) in [5.41, 5.74) is 8.99. The fourth-order valence-electron chi connectivity index (χ4n) is 2.45. The predicted molar refractivity (Wildman–Crippen MR) is 90.5 cm³/mol. The molecular formula is C20H18FNO. The molecule has 0 unspecified atom stereocenters. The summed E-state index contributed by atoms with van der Waals surface area (Å²) >= 11 is 0. The topological polar surface area (TPSA) is 35.2 Å². The lowest BCUT2D eigenvalue weighted by Gasteiger charge is -2.14. The monoisotopic (exact) mass is 307 g/mol. The lowest BCUT2D eigenvalue weighted by molar-refractivity contribution is 0.307. The number of benzene rings is 3. The SMILES string of the molecule is NCc1ccc(-c2ccccc2F)c(OCc2ccccc2)c1. The van der Waals surface area contributed by atoms with Gasteiger partial charge in [0.05, 0.1) is 0 Å². The van der Waals surface area contributed by atoms with Crippen LogP contribution in [0.3, 0.4) is 0 Å². The molecular weight excluding hydrogens is 289 g/mol. The first kappa shape index (κ1) is 15.3. The second kappa shape index (κ2) is 7.07. The minimum Gasteiger partial charge on any atom is -0.488 e. The minimum absolute atomic E-state index is 0.266. The van der Waals surface area contributed by atoms with E-state index in [1.807, 2.05) is 54.6 Å². The third kappa shape index (κ3) is 3.58. The molecule has 0 amide bonds. The molecule has 3 aromatic carbocycles. The van der Waals surface area contributed by atoms with Gasteiger partial charge in [-0.2, -0.15) is 0 Å². The Morgan fingerprint density at radius 2 is 1.52 bits per heavy atom. The molecule has 0 heterocycles. The lowest BCUT2D eigenvalue weighted by atomic mass is 10.0. The van der Waals surface area contributed by atoms with Crippen molar-refractivity contribution in [1.29, 1.82) is 0 Å². The van der Waals surface area contributed by atoms with Crippen LogP contribution in [0, 0.1) is 5.82 Å². The van der Waals surface area contributed by atoms with Crippen molar-refractivity contribution in [3.8, 4) is 16.9 Å². The van der Waals surface area contributed by atoms with Gasteiger partial charge in [0.1, 0.15) is 18.2 Å². The molecule has 23 heavy (non-hydrogen) atoms. The highest BCUT2D eigenvalue weighted by Gasteiger charge is 2.11. The smallest absolute Gasteiger partial charge is 0.131 e. The molecule has 0 aliphatic carbocycles. The Morgan fingerprint density at radius 3 is 2.26 bits per heavy atom. The van der Waals surface area contributed by atoms with E-state index in [1.54, 1.807) is 12.1 Å². The van der Waals surface area contributed by atoms with Gasteiger partial charge in [0.2, 0.25) is 0 Å². The Balaban J connectivity index is 1.95. The largest absolute Gasteiger partial charge is 0.488 e. The summed E-state index contributed by atoms with van der Waals surface area (Å²) < 4.78 is 20.1. The van der Waals surface area contributed by atoms with Crippen molar-refractivity contribution >= 4 is 0 Å². The third-order valence-electron chi connectivity index (χ3n) is 3.68. The van der Waals surface area contributed by atoms with Crippen LogP contribution in [0.25, 0.3) is 11.1 Å².